The molecule has 0 spiro atoms. The first-order valence-corrected chi connectivity index (χ1v) is 11.5. The molecule has 0 aliphatic heterocycles. The number of hydrogen-bond acceptors (Lipinski definition) is 5. The lowest BCUT2D eigenvalue weighted by Gasteiger charge is -2.30. The average Bonchev–Trinajstić information content (AvgIpc) is 3.19. The first-order valence-electron chi connectivity index (χ1n) is 9.22. The number of anilines is 1. The zero-order valence-corrected chi connectivity index (χ0v) is 18.0. The second-order valence-corrected chi connectivity index (χ2v) is 11.1. The predicted octanol–water partition coefficient (Wildman–Crippen LogP) is 4.51. The van der Waals surface area contributed by atoms with Crippen molar-refractivity contribution in [3.63, 3.8) is 0 Å². The monoisotopic (exact) mass is 430 g/mol. The van der Waals surface area contributed by atoms with E-state index in [4.69, 9.17) is 0 Å². The molecule has 1 aliphatic rings. The van der Waals surface area contributed by atoms with Crippen molar-refractivity contribution in [3.05, 3.63) is 59.4 Å². The van der Waals surface area contributed by atoms with E-state index in [1.54, 1.807) is 12.1 Å². The van der Waals surface area contributed by atoms with Gasteiger partial charge in [-0.05, 0) is 61.2 Å². The van der Waals surface area contributed by atoms with E-state index in [0.717, 1.165) is 40.4 Å². The molecule has 2 N–H and O–H groups in total. The number of nitrogens with zero attached hydrogens (tertiary/aromatic N) is 1. The van der Waals surface area contributed by atoms with Gasteiger partial charge < -0.3 is 9.67 Å². The van der Waals surface area contributed by atoms with Gasteiger partial charge in [0.05, 0.1) is 0 Å². The Bertz CT molecular complexity index is 1200. The molecule has 0 fully saturated rings. The van der Waals surface area contributed by atoms with Crippen LogP contribution in [0.25, 0.3) is 5.69 Å². The van der Waals surface area contributed by atoms with E-state index in [9.17, 15) is 18.3 Å². The number of Topliss-reactive ketones (excluding diaryl/α,β-unsaturated/α-hetero) is 1. The van der Waals surface area contributed by atoms with Crippen LogP contribution in [-0.2, 0) is 16.4 Å². The third-order valence-corrected chi connectivity index (χ3v) is 7.84. The molecular weight excluding hydrogens is 408 g/mol. The summed E-state index contributed by atoms with van der Waals surface area (Å²) < 4.78 is 29.5. The van der Waals surface area contributed by atoms with Crippen molar-refractivity contribution in [2.24, 2.45) is 5.41 Å². The summed E-state index contributed by atoms with van der Waals surface area (Å²) in [5.41, 5.74) is 3.98. The maximum absolute atomic E-state index is 12.5. The Labute approximate surface area is 173 Å². The largest absolute Gasteiger partial charge is 0.499 e. The zero-order valence-electron chi connectivity index (χ0n) is 16.4. The van der Waals surface area contributed by atoms with E-state index in [1.165, 1.54) is 12.1 Å². The number of rotatable bonds is 4. The lowest BCUT2D eigenvalue weighted by atomic mass is 9.76. The van der Waals surface area contributed by atoms with Crippen LogP contribution in [0.15, 0.2) is 46.7 Å². The van der Waals surface area contributed by atoms with E-state index < -0.39 is 10.0 Å². The molecule has 8 heteroatoms. The standard InChI is InChI=1S/C21H22N2O4S2/c1-13-10-16-17(11-21(2,3)12-18(16)24)23(13)15-6-4-14(5-7-15)22-29(26,27)20-9-8-19(25)28-20/h4-10,22,25H,11-12H2,1-3H3. The quantitative estimate of drug-likeness (QED) is 0.637. The molecule has 2 heterocycles. The molecule has 0 atom stereocenters. The summed E-state index contributed by atoms with van der Waals surface area (Å²) in [6.07, 6.45) is 1.35. The third kappa shape index (κ3) is 3.70. The number of carbonyl (C=O) groups excluding carboxylic acids is 1. The summed E-state index contributed by atoms with van der Waals surface area (Å²) >= 11 is 0.802. The highest BCUT2D eigenvalue weighted by molar-refractivity contribution is 7.94. The highest BCUT2D eigenvalue weighted by atomic mass is 32.2. The van der Waals surface area contributed by atoms with Gasteiger partial charge in [-0.15, -0.1) is 0 Å². The van der Waals surface area contributed by atoms with Crippen molar-refractivity contribution in [2.75, 3.05) is 4.72 Å². The Kier molecular flexibility index (Phi) is 4.59. The van der Waals surface area contributed by atoms with E-state index in [-0.39, 0.29) is 20.5 Å². The van der Waals surface area contributed by atoms with Gasteiger partial charge in [0.15, 0.2) is 10.8 Å². The SMILES string of the molecule is Cc1cc2c(n1-c1ccc(NS(=O)(=O)c3ccc(O)s3)cc1)CC(C)(C)CC2=O. The van der Waals surface area contributed by atoms with Gasteiger partial charge in [-0.2, -0.15) is 0 Å². The smallest absolute Gasteiger partial charge is 0.271 e. The van der Waals surface area contributed by atoms with Crippen LogP contribution in [0.5, 0.6) is 5.06 Å². The first-order chi connectivity index (χ1) is 13.6. The molecule has 29 heavy (non-hydrogen) atoms. The lowest BCUT2D eigenvalue weighted by Crippen LogP contribution is -2.27. The van der Waals surface area contributed by atoms with Gasteiger partial charge in [0.1, 0.15) is 4.21 Å². The number of aromatic nitrogens is 1. The Morgan fingerprint density at radius 3 is 2.41 bits per heavy atom. The molecule has 0 unspecified atom stereocenters. The molecular formula is C21H22N2O4S2. The molecule has 1 aliphatic carbocycles. The Balaban J connectivity index is 1.65. The maximum Gasteiger partial charge on any atom is 0.271 e. The van der Waals surface area contributed by atoms with Crippen LogP contribution in [0.1, 0.15) is 42.0 Å². The molecule has 2 aromatic heterocycles. The molecule has 3 aromatic rings. The fraction of sp³-hybridized carbons (Fsp3) is 0.286. The summed E-state index contributed by atoms with van der Waals surface area (Å²) in [5.74, 6) is 0.168. The van der Waals surface area contributed by atoms with Crippen molar-refractivity contribution < 1.29 is 18.3 Å². The van der Waals surface area contributed by atoms with Crippen LogP contribution in [0.2, 0.25) is 0 Å². The zero-order chi connectivity index (χ0) is 21.0. The lowest BCUT2D eigenvalue weighted by molar-refractivity contribution is 0.0911. The van der Waals surface area contributed by atoms with Crippen LogP contribution < -0.4 is 4.72 Å². The van der Waals surface area contributed by atoms with Crippen LogP contribution in [0, 0.1) is 12.3 Å². The van der Waals surface area contributed by atoms with E-state index in [0.29, 0.717) is 12.1 Å². The van der Waals surface area contributed by atoms with Crippen LogP contribution >= 0.6 is 11.3 Å². The minimum absolute atomic E-state index is 0.0500. The molecule has 152 valence electrons. The van der Waals surface area contributed by atoms with E-state index in [2.05, 4.69) is 23.1 Å². The highest BCUT2D eigenvalue weighted by Crippen LogP contribution is 2.37. The van der Waals surface area contributed by atoms with Gasteiger partial charge in [-0.25, -0.2) is 8.42 Å². The summed E-state index contributed by atoms with van der Waals surface area (Å²) in [4.78, 5) is 12.5. The molecule has 0 saturated heterocycles. The summed E-state index contributed by atoms with van der Waals surface area (Å²) in [6.45, 7) is 6.17. The van der Waals surface area contributed by atoms with Crippen LogP contribution in [0.4, 0.5) is 5.69 Å². The average molecular weight is 431 g/mol. The van der Waals surface area contributed by atoms with Crippen molar-refractivity contribution in [3.8, 4) is 10.8 Å². The predicted molar refractivity (Wildman–Crippen MR) is 114 cm³/mol. The van der Waals surface area contributed by atoms with Crippen molar-refractivity contribution in [1.29, 1.82) is 0 Å². The van der Waals surface area contributed by atoms with Gasteiger partial charge >= 0.3 is 0 Å². The number of thiophene rings is 1. The number of benzene rings is 1. The van der Waals surface area contributed by atoms with Gasteiger partial charge in [0, 0.05) is 34.7 Å². The Morgan fingerprint density at radius 2 is 1.79 bits per heavy atom. The fourth-order valence-corrected chi connectivity index (χ4v) is 5.94. The summed E-state index contributed by atoms with van der Waals surface area (Å²) in [6, 6.07) is 11.7. The van der Waals surface area contributed by atoms with Crippen molar-refractivity contribution >= 4 is 32.8 Å². The Morgan fingerprint density at radius 1 is 1.10 bits per heavy atom. The molecule has 0 amide bonds. The van der Waals surface area contributed by atoms with Gasteiger partial charge in [-0.1, -0.05) is 25.2 Å². The van der Waals surface area contributed by atoms with Crippen LogP contribution in [0.3, 0.4) is 0 Å². The number of hydrogen-bond donors (Lipinski definition) is 2. The Hall–Kier alpha value is -2.58. The molecule has 0 bridgehead atoms. The molecule has 6 nitrogen and oxygen atoms in total. The highest BCUT2D eigenvalue weighted by Gasteiger charge is 2.34. The minimum Gasteiger partial charge on any atom is -0.499 e. The third-order valence-electron chi connectivity index (χ3n) is 5.08. The number of carbonyl (C=O) groups is 1. The second kappa shape index (κ2) is 6.74. The van der Waals surface area contributed by atoms with Gasteiger partial charge in [0.25, 0.3) is 10.0 Å². The normalized spacial score (nSPS) is 15.9. The van der Waals surface area contributed by atoms with Crippen molar-refractivity contribution in [2.45, 2.75) is 37.8 Å². The molecule has 0 saturated carbocycles. The number of aryl methyl sites for hydroxylation is 1. The second-order valence-electron chi connectivity index (χ2n) is 8.17. The topological polar surface area (TPSA) is 88.4 Å². The van der Waals surface area contributed by atoms with Gasteiger partial charge in [0.2, 0.25) is 0 Å². The number of fused-ring (bicyclic) bond motifs is 1. The molecule has 1 aromatic carbocycles. The summed E-state index contributed by atoms with van der Waals surface area (Å²) in [5, 5.41) is 9.35. The number of aromatic hydroxyl groups is 1. The van der Waals surface area contributed by atoms with E-state index >= 15 is 0 Å². The number of ketones is 1. The molecule has 4 rings (SSSR count). The van der Waals surface area contributed by atoms with Crippen molar-refractivity contribution in [1.82, 2.24) is 4.57 Å². The number of nitrogens with one attached hydrogen (secondary N) is 1. The summed E-state index contributed by atoms with van der Waals surface area (Å²) in [7, 11) is -3.75. The van der Waals surface area contributed by atoms with Crippen LogP contribution in [-0.4, -0.2) is 23.9 Å². The fourth-order valence-electron chi connectivity index (χ4n) is 3.85. The number of sulfonamides is 1. The molecule has 0 radical (unpaired) electrons. The first kappa shape index (κ1) is 19.7. The van der Waals surface area contributed by atoms with Gasteiger partial charge in [-0.3, -0.25) is 9.52 Å². The van der Waals surface area contributed by atoms with E-state index in [1.807, 2.05) is 25.1 Å². The minimum atomic E-state index is -3.75. The maximum atomic E-state index is 12.5.